The topological polar surface area (TPSA) is 50.4 Å². The van der Waals surface area contributed by atoms with E-state index in [0.717, 1.165) is 6.07 Å². The number of amides is 1. The second-order valence-electron chi connectivity index (χ2n) is 6.16. The van der Waals surface area contributed by atoms with E-state index in [0.29, 0.717) is 6.54 Å². The summed E-state index contributed by atoms with van der Waals surface area (Å²) in [6.07, 6.45) is -4.30. The third-order valence-electron chi connectivity index (χ3n) is 2.89. The number of nitrogens with one attached hydrogen (secondary N) is 2. The molecule has 0 atom stereocenters. The predicted molar refractivity (Wildman–Crippen MR) is 89.5 cm³/mol. The molecule has 8 heteroatoms. The zero-order valence-corrected chi connectivity index (χ0v) is 15.0. The van der Waals surface area contributed by atoms with Crippen molar-refractivity contribution in [3.8, 4) is 5.75 Å². The summed E-state index contributed by atoms with van der Waals surface area (Å²) in [5.41, 5.74) is -1.38. The quantitative estimate of drug-likeness (QED) is 0.807. The van der Waals surface area contributed by atoms with E-state index >= 15 is 0 Å². The molecule has 0 unspecified atom stereocenters. The van der Waals surface area contributed by atoms with Crippen LogP contribution < -0.4 is 15.4 Å². The highest BCUT2D eigenvalue weighted by Gasteiger charge is 2.34. The number of carbonyl (C=O) groups is 1. The van der Waals surface area contributed by atoms with Crippen molar-refractivity contribution in [2.24, 2.45) is 0 Å². The fourth-order valence-corrected chi connectivity index (χ4v) is 1.91. The van der Waals surface area contributed by atoms with Crippen LogP contribution in [0.5, 0.6) is 5.75 Å². The maximum atomic E-state index is 13.2. The van der Waals surface area contributed by atoms with Gasteiger partial charge in [0, 0.05) is 19.5 Å². The lowest BCUT2D eigenvalue weighted by molar-refractivity contribution is -0.138. The van der Waals surface area contributed by atoms with Gasteiger partial charge in [-0.2, -0.15) is 13.2 Å². The van der Waals surface area contributed by atoms with E-state index in [2.05, 4.69) is 10.6 Å². The van der Waals surface area contributed by atoms with Gasteiger partial charge in [-0.3, -0.25) is 4.79 Å². The molecule has 1 amide bonds. The molecule has 0 spiro atoms. The van der Waals surface area contributed by atoms with Crippen molar-refractivity contribution in [3.63, 3.8) is 0 Å². The summed E-state index contributed by atoms with van der Waals surface area (Å²) in [6.45, 7) is 5.58. The molecule has 138 valence electrons. The highest BCUT2D eigenvalue weighted by atomic mass is 35.5. The van der Waals surface area contributed by atoms with Crippen molar-refractivity contribution >= 4 is 18.3 Å². The van der Waals surface area contributed by atoms with Crippen molar-refractivity contribution in [1.29, 1.82) is 0 Å². The molecule has 0 fully saturated rings. The minimum atomic E-state index is -4.51. The van der Waals surface area contributed by atoms with Gasteiger partial charge in [-0.15, -0.1) is 12.4 Å². The number of halogens is 4. The molecule has 0 saturated heterocycles. The number of ether oxygens (including phenoxy) is 1. The lowest BCUT2D eigenvalue weighted by atomic mass is 10.1. The zero-order chi connectivity index (χ0) is 17.7. The first-order valence-corrected chi connectivity index (χ1v) is 7.33. The summed E-state index contributed by atoms with van der Waals surface area (Å²) >= 11 is 0. The molecular formula is C16H24ClF3N2O2. The molecular weight excluding hydrogens is 345 g/mol. The molecule has 0 aliphatic heterocycles. The molecule has 0 bridgehead atoms. The van der Waals surface area contributed by atoms with Crippen LogP contribution in [0.15, 0.2) is 18.2 Å². The largest absolute Gasteiger partial charge is 0.488 e. The molecule has 0 radical (unpaired) electrons. The number of rotatable bonds is 6. The number of hydrogen-bond donors (Lipinski definition) is 2. The van der Waals surface area contributed by atoms with E-state index in [1.165, 1.54) is 12.1 Å². The van der Waals surface area contributed by atoms with Gasteiger partial charge in [0.1, 0.15) is 11.4 Å². The maximum Gasteiger partial charge on any atom is 0.416 e. The Morgan fingerprint density at radius 3 is 2.33 bits per heavy atom. The molecule has 24 heavy (non-hydrogen) atoms. The first kappa shape index (κ1) is 22.5. The standard InChI is InChI=1S/C16H23F3N2O2.ClH/c1-15(2,3)23-12-6-5-11(13(9-12)16(17,18)19)10-21-14(22)7-8-20-4;/h5-6,9,20H,7-8,10H2,1-4H3,(H,21,22);1H. The Morgan fingerprint density at radius 2 is 1.83 bits per heavy atom. The molecule has 0 heterocycles. The minimum Gasteiger partial charge on any atom is -0.488 e. The number of benzene rings is 1. The van der Waals surface area contributed by atoms with Gasteiger partial charge < -0.3 is 15.4 Å². The van der Waals surface area contributed by atoms with Crippen LogP contribution in [-0.2, 0) is 17.5 Å². The number of hydrogen-bond acceptors (Lipinski definition) is 3. The van der Waals surface area contributed by atoms with Crippen LogP contribution in [-0.4, -0.2) is 25.1 Å². The van der Waals surface area contributed by atoms with Crippen LogP contribution >= 0.6 is 12.4 Å². The monoisotopic (exact) mass is 368 g/mol. The SMILES string of the molecule is CNCCC(=O)NCc1ccc(OC(C)(C)C)cc1C(F)(F)F.Cl. The van der Waals surface area contributed by atoms with Crippen LogP contribution in [0.4, 0.5) is 13.2 Å². The number of carbonyl (C=O) groups excluding carboxylic acids is 1. The molecule has 1 rings (SSSR count). The third kappa shape index (κ3) is 7.88. The maximum absolute atomic E-state index is 13.2. The Kier molecular flexibility index (Phi) is 8.57. The van der Waals surface area contributed by atoms with Crippen LogP contribution in [0.3, 0.4) is 0 Å². The normalized spacial score (nSPS) is 11.6. The predicted octanol–water partition coefficient (Wildman–Crippen LogP) is 3.53. The Morgan fingerprint density at radius 1 is 1.21 bits per heavy atom. The van der Waals surface area contributed by atoms with Crippen molar-refractivity contribution in [3.05, 3.63) is 29.3 Å². The average molecular weight is 369 g/mol. The highest BCUT2D eigenvalue weighted by molar-refractivity contribution is 5.85. The average Bonchev–Trinajstić information content (AvgIpc) is 2.40. The Labute approximate surface area is 146 Å². The van der Waals surface area contributed by atoms with Crippen LogP contribution in [0, 0.1) is 0 Å². The summed E-state index contributed by atoms with van der Waals surface area (Å²) < 4.78 is 45.1. The Bertz CT molecular complexity index is 543. The van der Waals surface area contributed by atoms with Crippen molar-refractivity contribution in [1.82, 2.24) is 10.6 Å². The summed E-state index contributed by atoms with van der Waals surface area (Å²) in [5.74, 6) is -0.155. The van der Waals surface area contributed by atoms with E-state index in [1.807, 2.05) is 0 Å². The van der Waals surface area contributed by atoms with Gasteiger partial charge in [0.15, 0.2) is 0 Å². The van der Waals surface area contributed by atoms with Gasteiger partial charge in [-0.05, 0) is 45.5 Å². The van der Waals surface area contributed by atoms with Gasteiger partial charge in [-0.25, -0.2) is 0 Å². The smallest absolute Gasteiger partial charge is 0.416 e. The molecule has 2 N–H and O–H groups in total. The van der Waals surface area contributed by atoms with Gasteiger partial charge in [0.25, 0.3) is 0 Å². The lowest BCUT2D eigenvalue weighted by Gasteiger charge is -2.23. The summed E-state index contributed by atoms with van der Waals surface area (Å²) in [7, 11) is 1.70. The zero-order valence-electron chi connectivity index (χ0n) is 14.2. The summed E-state index contributed by atoms with van der Waals surface area (Å²) in [4.78, 5) is 11.5. The molecule has 0 aromatic heterocycles. The molecule has 1 aromatic carbocycles. The molecule has 0 saturated carbocycles. The second kappa shape index (κ2) is 9.13. The second-order valence-corrected chi connectivity index (χ2v) is 6.16. The molecule has 0 aliphatic rings. The van der Waals surface area contributed by atoms with Crippen molar-refractivity contribution in [2.45, 2.75) is 45.5 Å². The molecule has 4 nitrogen and oxygen atoms in total. The molecule has 1 aromatic rings. The Balaban J connectivity index is 0.00000529. The lowest BCUT2D eigenvalue weighted by Crippen LogP contribution is -2.27. The number of alkyl halides is 3. The first-order chi connectivity index (χ1) is 10.5. The van der Waals surface area contributed by atoms with Crippen LogP contribution in [0.25, 0.3) is 0 Å². The first-order valence-electron chi connectivity index (χ1n) is 7.33. The summed E-state index contributed by atoms with van der Waals surface area (Å²) in [5, 5.41) is 5.30. The third-order valence-corrected chi connectivity index (χ3v) is 2.89. The van der Waals surface area contributed by atoms with Crippen LogP contribution in [0.2, 0.25) is 0 Å². The van der Waals surface area contributed by atoms with Gasteiger partial charge in [0.05, 0.1) is 5.56 Å². The van der Waals surface area contributed by atoms with Gasteiger partial charge in [-0.1, -0.05) is 6.07 Å². The van der Waals surface area contributed by atoms with Gasteiger partial charge >= 0.3 is 6.18 Å². The minimum absolute atomic E-state index is 0. The van der Waals surface area contributed by atoms with Gasteiger partial charge in [0.2, 0.25) is 5.91 Å². The van der Waals surface area contributed by atoms with Crippen molar-refractivity contribution in [2.75, 3.05) is 13.6 Å². The van der Waals surface area contributed by atoms with Crippen molar-refractivity contribution < 1.29 is 22.7 Å². The fourth-order valence-electron chi connectivity index (χ4n) is 1.91. The van der Waals surface area contributed by atoms with E-state index in [9.17, 15) is 18.0 Å². The van der Waals surface area contributed by atoms with E-state index in [1.54, 1.807) is 27.8 Å². The highest BCUT2D eigenvalue weighted by Crippen LogP contribution is 2.35. The van der Waals surface area contributed by atoms with E-state index in [4.69, 9.17) is 4.74 Å². The van der Waals surface area contributed by atoms with E-state index in [-0.39, 0.29) is 42.6 Å². The van der Waals surface area contributed by atoms with E-state index < -0.39 is 17.3 Å². The fraction of sp³-hybridized carbons (Fsp3) is 0.562. The summed E-state index contributed by atoms with van der Waals surface area (Å²) in [6, 6.07) is 3.79. The molecule has 0 aliphatic carbocycles. The Hall–Kier alpha value is -1.47. The van der Waals surface area contributed by atoms with Crippen LogP contribution in [0.1, 0.15) is 38.3 Å².